The van der Waals surface area contributed by atoms with Gasteiger partial charge in [0.05, 0.1) is 31.7 Å². The van der Waals surface area contributed by atoms with Gasteiger partial charge in [-0.3, -0.25) is 0 Å². The maximum absolute atomic E-state index is 5.35. The van der Waals surface area contributed by atoms with Crippen LogP contribution in [0.4, 0.5) is 5.95 Å². The molecule has 31 heavy (non-hydrogen) atoms. The van der Waals surface area contributed by atoms with Crippen molar-refractivity contribution >= 4 is 11.7 Å². The summed E-state index contributed by atoms with van der Waals surface area (Å²) < 4.78 is 12.8. The lowest BCUT2D eigenvalue weighted by atomic mass is 9.95. The third-order valence-corrected chi connectivity index (χ3v) is 5.66. The largest absolute Gasteiger partial charge is 0.497 e. The van der Waals surface area contributed by atoms with Gasteiger partial charge < -0.3 is 14.0 Å². The van der Waals surface area contributed by atoms with Gasteiger partial charge in [-0.1, -0.05) is 42.5 Å². The highest BCUT2D eigenvalue weighted by Gasteiger charge is 2.26. The van der Waals surface area contributed by atoms with Gasteiger partial charge in [0.1, 0.15) is 11.5 Å². The first-order valence-electron chi connectivity index (χ1n) is 10.3. The summed E-state index contributed by atoms with van der Waals surface area (Å²) in [6.45, 7) is 0. The number of ether oxygens (including phenoxy) is 2. The third kappa shape index (κ3) is 3.70. The number of hydrogen-bond acceptors (Lipinski definition) is 4. The van der Waals surface area contributed by atoms with E-state index in [0.29, 0.717) is 0 Å². The van der Waals surface area contributed by atoms with E-state index in [2.05, 4.69) is 47.2 Å². The normalized spacial score (nSPS) is 15.2. The predicted octanol–water partition coefficient (Wildman–Crippen LogP) is 5.68. The van der Waals surface area contributed by atoms with Gasteiger partial charge in [0.15, 0.2) is 0 Å². The molecule has 5 nitrogen and oxygen atoms in total. The van der Waals surface area contributed by atoms with Crippen LogP contribution in [0.5, 0.6) is 11.5 Å². The summed E-state index contributed by atoms with van der Waals surface area (Å²) in [7, 11) is 3.36. The first-order valence-corrected chi connectivity index (χ1v) is 10.3. The Balaban J connectivity index is 1.60. The summed E-state index contributed by atoms with van der Waals surface area (Å²) in [5.74, 6) is 2.40. The molecule has 1 aliphatic heterocycles. The van der Waals surface area contributed by atoms with Gasteiger partial charge in [-0.2, -0.15) is 0 Å². The summed E-state index contributed by atoms with van der Waals surface area (Å²) in [5, 5.41) is 0. The zero-order valence-corrected chi connectivity index (χ0v) is 17.5. The van der Waals surface area contributed by atoms with Gasteiger partial charge >= 0.3 is 0 Å². The molecule has 0 bridgehead atoms. The molecule has 1 aliphatic rings. The Hall–Kier alpha value is -3.86. The lowest BCUT2D eigenvalue weighted by molar-refractivity contribution is 0.414. The minimum absolute atomic E-state index is 0.0977. The summed E-state index contributed by atoms with van der Waals surface area (Å²) in [6.07, 6.45) is 2.88. The van der Waals surface area contributed by atoms with E-state index in [1.807, 2.05) is 42.5 Å². The highest BCUT2D eigenvalue weighted by molar-refractivity contribution is 6.03. The molecular formula is C26H23N3O2. The average Bonchev–Trinajstić information content (AvgIpc) is 3.28. The van der Waals surface area contributed by atoms with Crippen LogP contribution in [0.2, 0.25) is 0 Å². The Bertz CT molecular complexity index is 1210. The van der Waals surface area contributed by atoms with Gasteiger partial charge in [-0.15, -0.1) is 0 Å². The fraction of sp³-hybridized carbons (Fsp3) is 0.154. The minimum atomic E-state index is 0.0977. The van der Waals surface area contributed by atoms with Crippen LogP contribution in [-0.2, 0) is 0 Å². The fourth-order valence-electron chi connectivity index (χ4n) is 3.96. The molecule has 0 spiro atoms. The van der Waals surface area contributed by atoms with Crippen LogP contribution in [0.25, 0.3) is 11.3 Å². The molecule has 5 rings (SSSR count). The van der Waals surface area contributed by atoms with Gasteiger partial charge in [-0.25, -0.2) is 9.98 Å². The van der Waals surface area contributed by atoms with E-state index >= 15 is 0 Å². The van der Waals surface area contributed by atoms with Crippen LogP contribution in [-0.4, -0.2) is 29.5 Å². The van der Waals surface area contributed by atoms with E-state index in [-0.39, 0.29) is 6.04 Å². The Labute approximate surface area is 181 Å². The Morgan fingerprint density at radius 3 is 2.06 bits per heavy atom. The van der Waals surface area contributed by atoms with Crippen LogP contribution in [0, 0.1) is 0 Å². The molecule has 0 amide bonds. The summed E-state index contributed by atoms with van der Waals surface area (Å²) in [4.78, 5) is 9.80. The van der Waals surface area contributed by atoms with Crippen molar-refractivity contribution in [3.05, 3.63) is 96.2 Å². The van der Waals surface area contributed by atoms with Crippen molar-refractivity contribution in [3.8, 4) is 22.8 Å². The average molecular weight is 409 g/mol. The molecule has 154 valence electrons. The highest BCUT2D eigenvalue weighted by atomic mass is 16.5. The van der Waals surface area contributed by atoms with Crippen LogP contribution in [0.15, 0.2) is 90.1 Å². The zero-order valence-electron chi connectivity index (χ0n) is 17.5. The molecule has 0 saturated carbocycles. The first-order chi connectivity index (χ1) is 15.2. The van der Waals surface area contributed by atoms with Crippen molar-refractivity contribution in [2.75, 3.05) is 14.2 Å². The molecule has 5 heteroatoms. The van der Waals surface area contributed by atoms with Crippen molar-refractivity contribution in [2.24, 2.45) is 4.99 Å². The molecular weight excluding hydrogens is 386 g/mol. The second kappa shape index (κ2) is 8.11. The second-order valence-electron chi connectivity index (χ2n) is 7.48. The molecule has 4 aromatic rings. The smallest absolute Gasteiger partial charge is 0.230 e. The lowest BCUT2D eigenvalue weighted by Gasteiger charge is -2.25. The number of hydrogen-bond donors (Lipinski definition) is 0. The standard InChI is InChI=1S/C26H23N3O2/c1-30-21-12-8-19(9-13-21)23-16-25(20-10-14-22(31-2)15-11-20)29-17-24(28-26(29)27-23)18-6-4-3-5-7-18/h3-15,17,25H,16H2,1-2H3/t25-/m1/s1. The van der Waals surface area contributed by atoms with E-state index in [9.17, 15) is 0 Å². The first kappa shape index (κ1) is 19.1. The monoisotopic (exact) mass is 409 g/mol. The molecule has 0 saturated heterocycles. The number of fused-ring (bicyclic) bond motifs is 1. The quantitative estimate of drug-likeness (QED) is 0.426. The van der Waals surface area contributed by atoms with Crippen LogP contribution in [0.3, 0.4) is 0 Å². The minimum Gasteiger partial charge on any atom is -0.497 e. The number of aliphatic imine (C=N–C) groups is 1. The maximum atomic E-state index is 5.35. The molecule has 0 N–H and O–H groups in total. The van der Waals surface area contributed by atoms with Gasteiger partial charge in [-0.05, 0) is 47.5 Å². The number of aromatic nitrogens is 2. The van der Waals surface area contributed by atoms with E-state index in [1.54, 1.807) is 14.2 Å². The van der Waals surface area contributed by atoms with Gasteiger partial charge in [0.25, 0.3) is 0 Å². The van der Waals surface area contributed by atoms with Crippen molar-refractivity contribution in [2.45, 2.75) is 12.5 Å². The fourth-order valence-corrected chi connectivity index (χ4v) is 3.96. The van der Waals surface area contributed by atoms with Crippen molar-refractivity contribution in [1.82, 2.24) is 9.55 Å². The summed E-state index contributed by atoms with van der Waals surface area (Å²) in [5.41, 5.74) is 5.30. The highest BCUT2D eigenvalue weighted by Crippen LogP contribution is 2.36. The zero-order chi connectivity index (χ0) is 21.2. The van der Waals surface area contributed by atoms with Crippen LogP contribution < -0.4 is 9.47 Å². The number of nitrogens with zero attached hydrogens (tertiary/aromatic N) is 3. The molecule has 0 fully saturated rings. The topological polar surface area (TPSA) is 48.6 Å². The number of methoxy groups -OCH3 is 2. The maximum Gasteiger partial charge on any atom is 0.230 e. The molecule has 0 aliphatic carbocycles. The third-order valence-electron chi connectivity index (χ3n) is 5.66. The molecule has 3 aromatic carbocycles. The van der Waals surface area contributed by atoms with E-state index in [1.165, 1.54) is 5.56 Å². The van der Waals surface area contributed by atoms with E-state index in [4.69, 9.17) is 19.5 Å². The number of benzene rings is 3. The molecule has 1 aromatic heterocycles. The molecule has 0 radical (unpaired) electrons. The molecule has 1 atom stereocenters. The number of rotatable bonds is 5. The SMILES string of the molecule is COc1ccc(C2=Nc3nc(-c4ccccc4)cn3[C@@H](c3ccc(OC)cc3)C2)cc1. The molecule has 0 unspecified atom stereocenters. The number of imidazole rings is 1. The lowest BCUT2D eigenvalue weighted by Crippen LogP contribution is -2.19. The predicted molar refractivity (Wildman–Crippen MR) is 123 cm³/mol. The van der Waals surface area contributed by atoms with Crippen molar-refractivity contribution < 1.29 is 9.47 Å². The van der Waals surface area contributed by atoms with Crippen molar-refractivity contribution in [3.63, 3.8) is 0 Å². The Morgan fingerprint density at radius 1 is 0.774 bits per heavy atom. The Morgan fingerprint density at radius 2 is 1.42 bits per heavy atom. The van der Waals surface area contributed by atoms with Gasteiger partial charge in [0, 0.05) is 18.2 Å². The molecule has 2 heterocycles. The summed E-state index contributed by atoms with van der Waals surface area (Å²) >= 11 is 0. The van der Waals surface area contributed by atoms with Crippen LogP contribution >= 0.6 is 0 Å². The van der Waals surface area contributed by atoms with Gasteiger partial charge in [0.2, 0.25) is 5.95 Å². The van der Waals surface area contributed by atoms with E-state index in [0.717, 1.165) is 46.4 Å². The Kier molecular flexibility index (Phi) is 5.00. The van der Waals surface area contributed by atoms with Crippen molar-refractivity contribution in [1.29, 1.82) is 0 Å². The van der Waals surface area contributed by atoms with E-state index < -0.39 is 0 Å². The second-order valence-corrected chi connectivity index (χ2v) is 7.48. The van der Waals surface area contributed by atoms with Crippen LogP contribution in [0.1, 0.15) is 23.6 Å². The summed E-state index contributed by atoms with van der Waals surface area (Å²) in [6, 6.07) is 26.6.